The monoisotopic (exact) mass is 293 g/mol. The van der Waals surface area contributed by atoms with Crippen LogP contribution in [-0.2, 0) is 5.41 Å². The van der Waals surface area contributed by atoms with Gasteiger partial charge in [0.1, 0.15) is 0 Å². The van der Waals surface area contributed by atoms with Gasteiger partial charge in [0.15, 0.2) is 0 Å². The zero-order valence-electron chi connectivity index (χ0n) is 13.7. The molecule has 1 aromatic rings. The van der Waals surface area contributed by atoms with Crippen LogP contribution >= 0.6 is 0 Å². The highest BCUT2D eigenvalue weighted by Crippen LogP contribution is 2.23. The Labute approximate surface area is 127 Å². The minimum atomic E-state index is -0.685. The number of hydrogen-bond donors (Lipinski definition) is 2. The van der Waals surface area contributed by atoms with Crippen LogP contribution < -0.4 is 0 Å². The lowest BCUT2D eigenvalue weighted by molar-refractivity contribution is 0.0366. The van der Waals surface area contributed by atoms with E-state index in [1.54, 1.807) is 18.9 Å². The molecule has 0 fully saturated rings. The van der Waals surface area contributed by atoms with Gasteiger partial charge in [0.25, 0.3) is 5.91 Å². The summed E-state index contributed by atoms with van der Waals surface area (Å²) in [6.45, 7) is 8.12. The number of aliphatic hydroxyl groups is 2. The number of benzene rings is 1. The summed E-state index contributed by atoms with van der Waals surface area (Å²) in [6, 6.07) is 7.60. The van der Waals surface area contributed by atoms with Crippen molar-refractivity contribution in [3.8, 4) is 0 Å². The zero-order valence-corrected chi connectivity index (χ0v) is 13.7. The van der Waals surface area contributed by atoms with Crippen molar-refractivity contribution in [3.63, 3.8) is 0 Å². The first-order chi connectivity index (χ1) is 9.63. The first-order valence-electron chi connectivity index (χ1n) is 7.21. The van der Waals surface area contributed by atoms with E-state index in [0.29, 0.717) is 12.1 Å². The van der Waals surface area contributed by atoms with Crippen LogP contribution in [0.3, 0.4) is 0 Å². The zero-order chi connectivity index (χ0) is 16.3. The summed E-state index contributed by atoms with van der Waals surface area (Å²) in [6.07, 6.45) is 0. The summed E-state index contributed by atoms with van der Waals surface area (Å²) < 4.78 is 0. The predicted octanol–water partition coefficient (Wildman–Crippen LogP) is 2.05. The maximum Gasteiger partial charge on any atom is 0.253 e. The van der Waals surface area contributed by atoms with Crippen molar-refractivity contribution < 1.29 is 15.0 Å². The number of nitrogens with zero attached hydrogens (tertiary/aromatic N) is 1. The van der Waals surface area contributed by atoms with E-state index in [4.69, 9.17) is 0 Å². The van der Waals surface area contributed by atoms with E-state index < -0.39 is 5.41 Å². The molecular weight excluding hydrogens is 266 g/mol. The number of aliphatic hydroxyl groups excluding tert-OH is 2. The summed E-state index contributed by atoms with van der Waals surface area (Å²) in [7, 11) is 1.68. The Hall–Kier alpha value is -1.39. The average molecular weight is 293 g/mol. The molecule has 4 heteroatoms. The fourth-order valence-corrected chi connectivity index (χ4v) is 2.13. The van der Waals surface area contributed by atoms with E-state index in [2.05, 4.69) is 20.8 Å². The van der Waals surface area contributed by atoms with Crippen molar-refractivity contribution in [2.24, 2.45) is 5.41 Å². The van der Waals surface area contributed by atoms with Crippen molar-refractivity contribution in [1.29, 1.82) is 0 Å². The second-order valence-electron chi connectivity index (χ2n) is 7.12. The fourth-order valence-electron chi connectivity index (χ4n) is 2.13. The van der Waals surface area contributed by atoms with Gasteiger partial charge in [-0.2, -0.15) is 0 Å². The maximum atomic E-state index is 12.4. The van der Waals surface area contributed by atoms with E-state index in [1.807, 2.05) is 24.3 Å². The maximum absolute atomic E-state index is 12.4. The smallest absolute Gasteiger partial charge is 0.253 e. The van der Waals surface area contributed by atoms with Gasteiger partial charge in [0, 0.05) is 24.6 Å². The van der Waals surface area contributed by atoms with Crippen LogP contribution in [0.25, 0.3) is 0 Å². The first kappa shape index (κ1) is 17.7. The standard InChI is InChI=1S/C17H27NO3/c1-16(2,3)14-8-6-13(7-9-14)15(21)18(5)10-17(4,11-19)12-20/h6-9,19-20H,10-12H2,1-5H3. The summed E-state index contributed by atoms with van der Waals surface area (Å²) in [5, 5.41) is 18.6. The lowest BCUT2D eigenvalue weighted by Gasteiger charge is -2.30. The number of hydrogen-bond acceptors (Lipinski definition) is 3. The molecule has 1 rings (SSSR count). The normalized spacial score (nSPS) is 12.3. The largest absolute Gasteiger partial charge is 0.396 e. The molecule has 0 atom stereocenters. The fraction of sp³-hybridized carbons (Fsp3) is 0.588. The highest BCUT2D eigenvalue weighted by Gasteiger charge is 2.27. The molecule has 4 nitrogen and oxygen atoms in total. The third-order valence-corrected chi connectivity index (χ3v) is 3.73. The molecule has 0 aliphatic carbocycles. The Morgan fingerprint density at radius 2 is 1.52 bits per heavy atom. The molecule has 0 radical (unpaired) electrons. The number of amides is 1. The Morgan fingerprint density at radius 1 is 1.05 bits per heavy atom. The molecule has 1 amide bonds. The van der Waals surface area contributed by atoms with Crippen molar-refractivity contribution in [2.45, 2.75) is 33.1 Å². The quantitative estimate of drug-likeness (QED) is 0.873. The second-order valence-corrected chi connectivity index (χ2v) is 7.12. The lowest BCUT2D eigenvalue weighted by atomic mass is 9.86. The van der Waals surface area contributed by atoms with Crippen molar-refractivity contribution in [3.05, 3.63) is 35.4 Å². The van der Waals surface area contributed by atoms with Gasteiger partial charge in [-0.3, -0.25) is 4.79 Å². The highest BCUT2D eigenvalue weighted by molar-refractivity contribution is 5.94. The molecule has 0 bridgehead atoms. The molecule has 0 unspecified atom stereocenters. The third-order valence-electron chi connectivity index (χ3n) is 3.73. The Morgan fingerprint density at radius 3 is 1.90 bits per heavy atom. The topological polar surface area (TPSA) is 60.8 Å². The summed E-state index contributed by atoms with van der Waals surface area (Å²) in [5.41, 5.74) is 1.16. The van der Waals surface area contributed by atoms with Crippen LogP contribution in [0, 0.1) is 5.41 Å². The number of rotatable bonds is 5. The van der Waals surface area contributed by atoms with E-state index in [0.717, 1.165) is 0 Å². The van der Waals surface area contributed by atoms with Gasteiger partial charge in [-0.05, 0) is 23.1 Å². The predicted molar refractivity (Wildman–Crippen MR) is 84.4 cm³/mol. The van der Waals surface area contributed by atoms with E-state index >= 15 is 0 Å². The number of carbonyl (C=O) groups is 1. The van der Waals surface area contributed by atoms with Crippen LogP contribution in [0.4, 0.5) is 0 Å². The number of carbonyl (C=O) groups excluding carboxylic acids is 1. The second kappa shape index (κ2) is 6.58. The van der Waals surface area contributed by atoms with Crippen LogP contribution in [0.1, 0.15) is 43.6 Å². The van der Waals surface area contributed by atoms with E-state index in [9.17, 15) is 15.0 Å². The minimum absolute atomic E-state index is 0.0554. The SMILES string of the molecule is CN(CC(C)(CO)CO)C(=O)c1ccc(C(C)(C)C)cc1. The van der Waals surface area contributed by atoms with Gasteiger partial charge in [0.05, 0.1) is 13.2 Å². The van der Waals surface area contributed by atoms with Gasteiger partial charge in [-0.25, -0.2) is 0 Å². The molecule has 0 aliphatic heterocycles. The van der Waals surface area contributed by atoms with Crippen LogP contribution in [0.2, 0.25) is 0 Å². The van der Waals surface area contributed by atoms with E-state index in [-0.39, 0.29) is 24.5 Å². The molecule has 118 valence electrons. The van der Waals surface area contributed by atoms with Crippen LogP contribution in [0.15, 0.2) is 24.3 Å². The summed E-state index contributed by atoms with van der Waals surface area (Å²) in [4.78, 5) is 13.9. The molecule has 0 aromatic heterocycles. The molecule has 21 heavy (non-hydrogen) atoms. The van der Waals surface area contributed by atoms with Crippen LogP contribution in [-0.4, -0.2) is 47.8 Å². The Bertz CT molecular complexity index is 470. The molecule has 0 aliphatic rings. The third kappa shape index (κ3) is 4.55. The Balaban J connectivity index is 2.84. The van der Waals surface area contributed by atoms with Gasteiger partial charge in [0.2, 0.25) is 0 Å². The molecule has 0 saturated carbocycles. The molecular formula is C17H27NO3. The molecule has 1 aromatic carbocycles. The van der Waals surface area contributed by atoms with Crippen molar-refractivity contribution >= 4 is 5.91 Å². The van der Waals surface area contributed by atoms with Gasteiger partial charge >= 0.3 is 0 Å². The summed E-state index contributed by atoms with van der Waals surface area (Å²) in [5.74, 6) is -0.108. The molecule has 0 spiro atoms. The molecule has 0 heterocycles. The molecule has 0 saturated heterocycles. The van der Waals surface area contributed by atoms with Crippen molar-refractivity contribution in [2.75, 3.05) is 26.8 Å². The Kier molecular flexibility index (Phi) is 5.54. The van der Waals surface area contributed by atoms with Gasteiger partial charge in [-0.15, -0.1) is 0 Å². The van der Waals surface area contributed by atoms with Crippen LogP contribution in [0.5, 0.6) is 0 Å². The lowest BCUT2D eigenvalue weighted by Crippen LogP contribution is -2.41. The average Bonchev–Trinajstić information content (AvgIpc) is 2.45. The molecule has 2 N–H and O–H groups in total. The van der Waals surface area contributed by atoms with E-state index in [1.165, 1.54) is 5.56 Å². The van der Waals surface area contributed by atoms with Gasteiger partial charge in [-0.1, -0.05) is 39.8 Å². The van der Waals surface area contributed by atoms with Crippen molar-refractivity contribution in [1.82, 2.24) is 4.90 Å². The minimum Gasteiger partial charge on any atom is -0.396 e. The van der Waals surface area contributed by atoms with Gasteiger partial charge < -0.3 is 15.1 Å². The first-order valence-corrected chi connectivity index (χ1v) is 7.21. The highest BCUT2D eigenvalue weighted by atomic mass is 16.3. The summed E-state index contributed by atoms with van der Waals surface area (Å²) >= 11 is 0.